The van der Waals surface area contributed by atoms with E-state index in [1.165, 1.54) is 17.5 Å². The molecular weight excluding hydrogens is 760 g/mol. The van der Waals surface area contributed by atoms with Gasteiger partial charge in [-0.25, -0.2) is 22.9 Å². The van der Waals surface area contributed by atoms with Crippen LogP contribution in [0.1, 0.15) is 84.6 Å². The molecule has 5 aromatic rings. The zero-order valence-electron chi connectivity index (χ0n) is 31.6. The first-order chi connectivity index (χ1) is 26.1. The van der Waals surface area contributed by atoms with Gasteiger partial charge in [0.25, 0.3) is 5.56 Å². The molecule has 1 aliphatic heterocycles. The van der Waals surface area contributed by atoms with Crippen LogP contribution < -0.4 is 15.0 Å². The summed E-state index contributed by atoms with van der Waals surface area (Å²) >= 11 is 7.76. The number of aromatic carboxylic acids is 1. The van der Waals surface area contributed by atoms with Crippen LogP contribution >= 0.6 is 22.9 Å². The Morgan fingerprint density at radius 3 is 2.56 bits per heavy atom. The molecule has 0 bridgehead atoms. The SMILES string of the molecule is Cc1cc(-c2cc(Cl)ccc2OCCn2c(C)nc3c(c2=O)C[C@@H](N2CCC(c4cncc(S(=O)(=O)NC(C)(C)C)c4)CC2)CC3)c2scc(C(=O)O)c2n1. The summed E-state index contributed by atoms with van der Waals surface area (Å²) in [6, 6.07) is 9.21. The highest BCUT2D eigenvalue weighted by molar-refractivity contribution is 7.89. The van der Waals surface area contributed by atoms with E-state index >= 15 is 0 Å². The number of likely N-dealkylation sites (tertiary alicyclic amines) is 1. The molecule has 12 nitrogen and oxygen atoms in total. The largest absolute Gasteiger partial charge is 0.491 e. The van der Waals surface area contributed by atoms with Crippen LogP contribution in [0.4, 0.5) is 0 Å². The van der Waals surface area contributed by atoms with Crippen molar-refractivity contribution in [2.75, 3.05) is 19.7 Å². The van der Waals surface area contributed by atoms with Gasteiger partial charge in [-0.05, 0) is 122 Å². The predicted molar refractivity (Wildman–Crippen MR) is 214 cm³/mol. The topological polar surface area (TPSA) is 157 Å². The van der Waals surface area contributed by atoms with Crippen LogP contribution in [-0.4, -0.2) is 75.2 Å². The van der Waals surface area contributed by atoms with Crippen molar-refractivity contribution in [1.29, 1.82) is 0 Å². The van der Waals surface area contributed by atoms with Crippen LogP contribution in [0.3, 0.4) is 0 Å². The van der Waals surface area contributed by atoms with E-state index in [-0.39, 0.29) is 34.6 Å². The van der Waals surface area contributed by atoms with Gasteiger partial charge in [0, 0.05) is 56.8 Å². The van der Waals surface area contributed by atoms with Gasteiger partial charge < -0.3 is 9.84 Å². The Bertz CT molecular complexity index is 2450. The molecule has 5 heterocycles. The van der Waals surface area contributed by atoms with Crippen LogP contribution in [0.15, 0.2) is 57.8 Å². The molecule has 55 heavy (non-hydrogen) atoms. The fourth-order valence-electron chi connectivity index (χ4n) is 7.82. The third kappa shape index (κ3) is 8.34. The zero-order chi connectivity index (χ0) is 39.2. The van der Waals surface area contributed by atoms with Crippen molar-refractivity contribution >= 4 is 49.1 Å². The van der Waals surface area contributed by atoms with E-state index in [1.54, 1.807) is 40.4 Å². The highest BCUT2D eigenvalue weighted by Gasteiger charge is 2.32. The number of ether oxygens (including phenoxy) is 1. The molecule has 0 radical (unpaired) electrons. The summed E-state index contributed by atoms with van der Waals surface area (Å²) in [5.74, 6) is 0.374. The first-order valence-electron chi connectivity index (χ1n) is 18.4. The number of nitrogens with zero attached hydrogens (tertiary/aromatic N) is 5. The van der Waals surface area contributed by atoms with Gasteiger partial charge in [-0.2, -0.15) is 0 Å². The Kier molecular flexibility index (Phi) is 10.9. The lowest BCUT2D eigenvalue weighted by atomic mass is 9.86. The number of pyridine rings is 2. The lowest BCUT2D eigenvalue weighted by Crippen LogP contribution is -2.46. The third-order valence-electron chi connectivity index (χ3n) is 10.4. The molecule has 0 saturated carbocycles. The lowest BCUT2D eigenvalue weighted by Gasteiger charge is -2.39. The molecule has 1 saturated heterocycles. The second kappa shape index (κ2) is 15.4. The average molecular weight is 805 g/mol. The van der Waals surface area contributed by atoms with Crippen LogP contribution in [0.2, 0.25) is 5.02 Å². The van der Waals surface area contributed by atoms with Crippen molar-refractivity contribution in [1.82, 2.24) is 29.1 Å². The summed E-state index contributed by atoms with van der Waals surface area (Å²) in [6.07, 6.45) is 7.21. The summed E-state index contributed by atoms with van der Waals surface area (Å²) < 4.78 is 37.4. The standard InChI is InChI=1S/C40H45ClN6O6S2/c1-23-16-31(37-36(43-23)33(22-54-37)39(49)50)30-18-27(41)6-9-35(30)53-15-14-47-24(2)44-34-8-7-28(19-32(34)38(47)48)46-12-10-25(11-13-46)26-17-29(21-42-20-26)55(51,52)45-40(3,4)5/h6,9,16-18,20-22,25,28,45H,7-8,10-15,19H2,1-5H3,(H,49,50)/t28-/m0/s1. The second-order valence-electron chi connectivity index (χ2n) is 15.5. The summed E-state index contributed by atoms with van der Waals surface area (Å²) in [5.41, 5.74) is 4.66. The van der Waals surface area contributed by atoms with Crippen molar-refractivity contribution in [3.05, 3.63) is 97.4 Å². The molecule has 15 heteroatoms. The Balaban J connectivity index is 1.03. The van der Waals surface area contributed by atoms with Gasteiger partial charge in [0.1, 0.15) is 23.1 Å². The minimum atomic E-state index is -3.68. The van der Waals surface area contributed by atoms with Crippen molar-refractivity contribution in [2.45, 2.75) is 95.7 Å². The molecule has 1 fully saturated rings. The number of halogens is 1. The molecule has 290 valence electrons. The minimum Gasteiger partial charge on any atom is -0.491 e. The molecule has 2 aliphatic rings. The minimum absolute atomic E-state index is 0.0405. The molecule has 0 spiro atoms. The Morgan fingerprint density at radius 1 is 1.07 bits per heavy atom. The third-order valence-corrected chi connectivity index (χ3v) is 13.3. The van der Waals surface area contributed by atoms with E-state index in [1.807, 2.05) is 40.7 Å². The van der Waals surface area contributed by atoms with Gasteiger partial charge in [-0.1, -0.05) is 11.6 Å². The van der Waals surface area contributed by atoms with Crippen molar-refractivity contribution in [3.8, 4) is 16.9 Å². The number of aryl methyl sites for hydroxylation is 3. The number of carbonyl (C=O) groups is 1. The predicted octanol–water partition coefficient (Wildman–Crippen LogP) is 6.78. The van der Waals surface area contributed by atoms with Gasteiger partial charge in [0.15, 0.2) is 0 Å². The van der Waals surface area contributed by atoms with Crippen LogP contribution in [-0.2, 0) is 29.4 Å². The normalized spacial score (nSPS) is 17.0. The van der Waals surface area contributed by atoms with E-state index in [2.05, 4.69) is 19.6 Å². The summed E-state index contributed by atoms with van der Waals surface area (Å²) in [5, 5.41) is 11.8. The zero-order valence-corrected chi connectivity index (χ0v) is 33.9. The van der Waals surface area contributed by atoms with Crippen molar-refractivity contribution < 1.29 is 23.1 Å². The van der Waals surface area contributed by atoms with E-state index in [9.17, 15) is 23.1 Å². The highest BCUT2D eigenvalue weighted by atomic mass is 35.5. The lowest BCUT2D eigenvalue weighted by molar-refractivity contribution is 0.0699. The average Bonchev–Trinajstić information content (AvgIpc) is 3.56. The molecule has 7 rings (SSSR count). The molecular formula is C40H45ClN6O6S2. The monoisotopic (exact) mass is 804 g/mol. The van der Waals surface area contributed by atoms with Gasteiger partial charge >= 0.3 is 5.97 Å². The number of carboxylic acids is 1. The quantitative estimate of drug-likeness (QED) is 0.154. The summed E-state index contributed by atoms with van der Waals surface area (Å²) in [7, 11) is -3.68. The number of fused-ring (bicyclic) bond motifs is 2. The first-order valence-corrected chi connectivity index (χ1v) is 21.2. The number of rotatable bonds is 10. The van der Waals surface area contributed by atoms with E-state index in [0.717, 1.165) is 65.9 Å². The molecule has 0 unspecified atom stereocenters. The molecule has 2 N–H and O–H groups in total. The molecule has 4 aromatic heterocycles. The van der Waals surface area contributed by atoms with E-state index in [4.69, 9.17) is 21.3 Å². The van der Waals surface area contributed by atoms with Crippen molar-refractivity contribution in [3.63, 3.8) is 0 Å². The van der Waals surface area contributed by atoms with Crippen LogP contribution in [0, 0.1) is 13.8 Å². The van der Waals surface area contributed by atoms with Crippen LogP contribution in [0.25, 0.3) is 21.3 Å². The maximum Gasteiger partial charge on any atom is 0.338 e. The van der Waals surface area contributed by atoms with Gasteiger partial charge in [0.2, 0.25) is 10.0 Å². The second-order valence-corrected chi connectivity index (χ2v) is 18.5. The number of benzene rings is 1. The van der Waals surface area contributed by atoms with Crippen LogP contribution in [0.5, 0.6) is 5.75 Å². The van der Waals surface area contributed by atoms with Gasteiger partial charge in [-0.3, -0.25) is 24.2 Å². The smallest absolute Gasteiger partial charge is 0.338 e. The first kappa shape index (κ1) is 39.0. The molecule has 0 amide bonds. The number of aromatic nitrogens is 4. The highest BCUT2D eigenvalue weighted by Crippen LogP contribution is 2.40. The van der Waals surface area contributed by atoms with E-state index in [0.29, 0.717) is 46.3 Å². The number of thiophene rings is 1. The number of hydrogen-bond acceptors (Lipinski definition) is 10. The van der Waals surface area contributed by atoms with Gasteiger partial charge in [-0.15, -0.1) is 11.3 Å². The Morgan fingerprint density at radius 2 is 1.84 bits per heavy atom. The van der Waals surface area contributed by atoms with E-state index < -0.39 is 21.5 Å². The maximum absolute atomic E-state index is 14.0. The number of sulfonamides is 1. The molecule has 1 aromatic carbocycles. The summed E-state index contributed by atoms with van der Waals surface area (Å²) in [6.45, 7) is 11.3. The Hall–Kier alpha value is -4.21. The Labute approximate surface area is 329 Å². The number of hydrogen-bond donors (Lipinski definition) is 2. The maximum atomic E-state index is 14.0. The van der Waals surface area contributed by atoms with Gasteiger partial charge in [0.05, 0.1) is 28.0 Å². The fourth-order valence-corrected chi connectivity index (χ4v) is 10.4. The molecule has 1 atom stereocenters. The number of carboxylic acid groups (broad SMARTS) is 1. The van der Waals surface area contributed by atoms with Crippen molar-refractivity contribution in [2.24, 2.45) is 0 Å². The number of piperidine rings is 1. The molecule has 1 aliphatic carbocycles. The fraction of sp³-hybridized carbons (Fsp3) is 0.425. The number of nitrogens with one attached hydrogen (secondary N) is 1. The summed E-state index contributed by atoms with van der Waals surface area (Å²) in [4.78, 5) is 42.2.